The fourth-order valence-electron chi connectivity index (χ4n) is 6.52. The third-order valence-electron chi connectivity index (χ3n) is 7.88. The second-order valence-electron chi connectivity index (χ2n) is 9.16. The molecule has 4 aliphatic carbocycles. The number of Topliss-reactive ketones (excluding diaryl/α,β-unsaturated/α-hetero) is 1. The van der Waals surface area contributed by atoms with Gasteiger partial charge in [-0.05, 0) is 73.5 Å². The second kappa shape index (κ2) is 4.46. The third-order valence-corrected chi connectivity index (χ3v) is 7.88. The highest BCUT2D eigenvalue weighted by Gasteiger charge is 2.53. The summed E-state index contributed by atoms with van der Waals surface area (Å²) in [6.45, 7) is 7.46. The molecule has 4 atom stereocenters. The van der Waals surface area contributed by atoms with Crippen molar-refractivity contribution >= 4 is 5.78 Å². The maximum absolute atomic E-state index is 11.9. The van der Waals surface area contributed by atoms with E-state index >= 15 is 0 Å². The van der Waals surface area contributed by atoms with Crippen LogP contribution in [0.25, 0.3) is 0 Å². The molecule has 0 aromatic rings. The Bertz CT molecular complexity index is 512. The summed E-state index contributed by atoms with van der Waals surface area (Å²) < 4.78 is 0. The molecule has 0 aromatic carbocycles. The molecule has 1 heteroatoms. The van der Waals surface area contributed by atoms with Gasteiger partial charge in [0, 0.05) is 12.8 Å². The molecule has 0 saturated heterocycles. The summed E-state index contributed by atoms with van der Waals surface area (Å²) in [4.78, 5) is 11.9. The standard InChI is InChI=1S/C20H30O/c1-19(2)10-9-16-15-5-4-13-12-14(21)8-11-20(13,3)18(15)7-6-17(16)19/h13,15,18H,4-12H2,1-3H3/t13-,15+,18+,20-/m0/s1. The Hall–Kier alpha value is -0.590. The zero-order valence-corrected chi connectivity index (χ0v) is 14.0. The van der Waals surface area contributed by atoms with Gasteiger partial charge in [-0.3, -0.25) is 4.79 Å². The first-order valence-electron chi connectivity index (χ1n) is 9.16. The fraction of sp³-hybridized carbons (Fsp3) is 0.850. The Morgan fingerprint density at radius 3 is 2.57 bits per heavy atom. The largest absolute Gasteiger partial charge is 0.300 e. The van der Waals surface area contributed by atoms with Crippen LogP contribution in [0.4, 0.5) is 0 Å². The average Bonchev–Trinajstić information content (AvgIpc) is 2.76. The van der Waals surface area contributed by atoms with Gasteiger partial charge in [0.05, 0.1) is 0 Å². The quantitative estimate of drug-likeness (QED) is 0.552. The highest BCUT2D eigenvalue weighted by Crippen LogP contribution is 2.63. The van der Waals surface area contributed by atoms with Crippen LogP contribution in [0, 0.1) is 28.6 Å². The molecule has 0 radical (unpaired) electrons. The van der Waals surface area contributed by atoms with Gasteiger partial charge in [-0.15, -0.1) is 0 Å². The van der Waals surface area contributed by atoms with Crippen LogP contribution in [0.5, 0.6) is 0 Å². The summed E-state index contributed by atoms with van der Waals surface area (Å²) in [5.74, 6) is 2.96. The van der Waals surface area contributed by atoms with Gasteiger partial charge in [-0.25, -0.2) is 0 Å². The van der Waals surface area contributed by atoms with Crippen LogP contribution in [0.3, 0.4) is 0 Å². The van der Waals surface area contributed by atoms with Crippen molar-refractivity contribution in [3.8, 4) is 0 Å². The molecule has 0 aliphatic heterocycles. The van der Waals surface area contributed by atoms with Crippen molar-refractivity contribution in [3.63, 3.8) is 0 Å². The lowest BCUT2D eigenvalue weighted by Gasteiger charge is -2.55. The van der Waals surface area contributed by atoms with Gasteiger partial charge in [0.1, 0.15) is 5.78 Å². The summed E-state index contributed by atoms with van der Waals surface area (Å²) in [5.41, 5.74) is 4.63. The Labute approximate surface area is 129 Å². The molecule has 0 unspecified atom stereocenters. The lowest BCUT2D eigenvalue weighted by molar-refractivity contribution is -0.129. The van der Waals surface area contributed by atoms with E-state index in [9.17, 15) is 4.79 Å². The van der Waals surface area contributed by atoms with Gasteiger partial charge in [-0.1, -0.05) is 31.9 Å². The summed E-state index contributed by atoms with van der Waals surface area (Å²) in [7, 11) is 0. The van der Waals surface area contributed by atoms with Crippen LogP contribution in [0.2, 0.25) is 0 Å². The zero-order valence-electron chi connectivity index (χ0n) is 14.0. The van der Waals surface area contributed by atoms with Crippen molar-refractivity contribution in [3.05, 3.63) is 11.1 Å². The van der Waals surface area contributed by atoms with Crippen molar-refractivity contribution in [2.45, 2.75) is 78.6 Å². The first-order valence-corrected chi connectivity index (χ1v) is 9.16. The molecule has 0 N–H and O–H groups in total. The molecule has 2 saturated carbocycles. The van der Waals surface area contributed by atoms with Crippen LogP contribution in [-0.4, -0.2) is 5.78 Å². The van der Waals surface area contributed by atoms with E-state index in [1.165, 1.54) is 44.9 Å². The Morgan fingerprint density at radius 1 is 0.952 bits per heavy atom. The van der Waals surface area contributed by atoms with E-state index < -0.39 is 0 Å². The van der Waals surface area contributed by atoms with Crippen LogP contribution in [0.1, 0.15) is 78.6 Å². The molecular weight excluding hydrogens is 256 g/mol. The monoisotopic (exact) mass is 286 g/mol. The molecule has 0 spiro atoms. The van der Waals surface area contributed by atoms with Crippen molar-refractivity contribution in [2.24, 2.45) is 28.6 Å². The topological polar surface area (TPSA) is 17.1 Å². The molecule has 0 aromatic heterocycles. The van der Waals surface area contributed by atoms with Gasteiger partial charge < -0.3 is 0 Å². The predicted octanol–water partition coefficient (Wildman–Crippen LogP) is 5.30. The summed E-state index contributed by atoms with van der Waals surface area (Å²) in [6, 6.07) is 0. The second-order valence-corrected chi connectivity index (χ2v) is 9.16. The van der Waals surface area contributed by atoms with Crippen molar-refractivity contribution in [1.29, 1.82) is 0 Å². The smallest absolute Gasteiger partial charge is 0.133 e. The molecule has 4 aliphatic rings. The van der Waals surface area contributed by atoms with Crippen LogP contribution in [0.15, 0.2) is 11.1 Å². The van der Waals surface area contributed by atoms with E-state index in [0.29, 0.717) is 22.5 Å². The van der Waals surface area contributed by atoms with E-state index in [1.807, 2.05) is 11.1 Å². The molecular formula is C20H30O. The fourth-order valence-corrected chi connectivity index (χ4v) is 6.52. The number of carbonyl (C=O) groups is 1. The Balaban J connectivity index is 1.68. The minimum Gasteiger partial charge on any atom is -0.300 e. The van der Waals surface area contributed by atoms with E-state index in [0.717, 1.165) is 24.7 Å². The van der Waals surface area contributed by atoms with Gasteiger partial charge in [-0.2, -0.15) is 0 Å². The zero-order chi connectivity index (χ0) is 14.8. The summed E-state index contributed by atoms with van der Waals surface area (Å²) >= 11 is 0. The summed E-state index contributed by atoms with van der Waals surface area (Å²) in [5, 5.41) is 0. The Morgan fingerprint density at radius 2 is 1.76 bits per heavy atom. The number of allylic oxidation sites excluding steroid dienone is 2. The molecule has 4 rings (SSSR count). The molecule has 2 fully saturated rings. The van der Waals surface area contributed by atoms with Gasteiger partial charge in [0.2, 0.25) is 0 Å². The van der Waals surface area contributed by atoms with E-state index in [-0.39, 0.29) is 0 Å². The van der Waals surface area contributed by atoms with E-state index in [4.69, 9.17) is 0 Å². The van der Waals surface area contributed by atoms with Crippen LogP contribution < -0.4 is 0 Å². The molecule has 21 heavy (non-hydrogen) atoms. The number of rotatable bonds is 0. The lowest BCUT2D eigenvalue weighted by Crippen LogP contribution is -2.48. The number of hydrogen-bond acceptors (Lipinski definition) is 1. The maximum Gasteiger partial charge on any atom is 0.133 e. The SMILES string of the molecule is CC1(C)CCC2=C1CC[C@@H]1[C@@H]2CC[C@H]2CC(=O)CC[C@@]21C. The highest BCUT2D eigenvalue weighted by atomic mass is 16.1. The van der Waals surface area contributed by atoms with E-state index in [2.05, 4.69) is 20.8 Å². The van der Waals surface area contributed by atoms with Crippen molar-refractivity contribution < 1.29 is 4.79 Å². The van der Waals surface area contributed by atoms with Crippen molar-refractivity contribution in [2.75, 3.05) is 0 Å². The van der Waals surface area contributed by atoms with Crippen molar-refractivity contribution in [1.82, 2.24) is 0 Å². The predicted molar refractivity (Wildman–Crippen MR) is 85.9 cm³/mol. The third kappa shape index (κ3) is 1.92. The van der Waals surface area contributed by atoms with Crippen LogP contribution in [-0.2, 0) is 4.79 Å². The number of hydrogen-bond donors (Lipinski definition) is 0. The summed E-state index contributed by atoms with van der Waals surface area (Å²) in [6.07, 6.45) is 11.1. The van der Waals surface area contributed by atoms with Gasteiger partial charge in [0.15, 0.2) is 0 Å². The first-order chi connectivity index (χ1) is 9.92. The maximum atomic E-state index is 11.9. The molecule has 0 bridgehead atoms. The van der Waals surface area contributed by atoms with E-state index in [1.54, 1.807) is 0 Å². The van der Waals surface area contributed by atoms with Crippen LogP contribution >= 0.6 is 0 Å². The highest BCUT2D eigenvalue weighted by molar-refractivity contribution is 5.79. The van der Waals surface area contributed by atoms with Gasteiger partial charge >= 0.3 is 0 Å². The minimum atomic E-state index is 0.460. The first kappa shape index (κ1) is 14.0. The molecule has 1 nitrogen and oxygen atoms in total. The van der Waals surface area contributed by atoms with Gasteiger partial charge in [0.25, 0.3) is 0 Å². The normalized spacial score (nSPS) is 45.1. The number of ketones is 1. The average molecular weight is 286 g/mol. The lowest BCUT2D eigenvalue weighted by atomic mass is 9.49. The molecule has 116 valence electrons. The minimum absolute atomic E-state index is 0.460. The molecule has 0 amide bonds. The number of fused-ring (bicyclic) bond motifs is 4. The molecule has 0 heterocycles. The Kier molecular flexibility index (Phi) is 2.98. The number of carbonyl (C=O) groups excluding carboxylic acids is 1.